The summed E-state index contributed by atoms with van der Waals surface area (Å²) in [7, 11) is 0. The Morgan fingerprint density at radius 2 is 2.21 bits per heavy atom. The summed E-state index contributed by atoms with van der Waals surface area (Å²) in [5, 5.41) is 19.9. The lowest BCUT2D eigenvalue weighted by atomic mass is 10.2. The van der Waals surface area contributed by atoms with Crippen LogP contribution in [-0.2, 0) is 0 Å². The monoisotopic (exact) mass is 261 g/mol. The predicted octanol–water partition coefficient (Wildman–Crippen LogP) is 1.43. The van der Waals surface area contributed by atoms with E-state index >= 15 is 0 Å². The van der Waals surface area contributed by atoms with E-state index in [2.05, 4.69) is 20.1 Å². The third kappa shape index (κ3) is 1.69. The van der Waals surface area contributed by atoms with Crippen LogP contribution < -0.4 is 5.73 Å². The quantitative estimate of drug-likeness (QED) is 0.298. The fraction of sp³-hybridized carbons (Fsp3) is 0. The van der Waals surface area contributed by atoms with E-state index in [1.165, 1.54) is 16.7 Å². The first kappa shape index (κ1) is 11.2. The van der Waals surface area contributed by atoms with E-state index in [1.807, 2.05) is 0 Å². The molecule has 8 heteroatoms. The number of aromatic nitrogens is 3. The molecule has 1 aromatic carbocycles. The molecule has 0 aliphatic heterocycles. The SMILES string of the molecule is Nc1nonc1/C(=N/O)n1ccc2cc(F)ccc21. The van der Waals surface area contributed by atoms with Crippen molar-refractivity contribution >= 4 is 22.6 Å². The van der Waals surface area contributed by atoms with E-state index in [4.69, 9.17) is 10.9 Å². The molecule has 0 aliphatic carbocycles. The maximum Gasteiger partial charge on any atom is 0.210 e. The van der Waals surface area contributed by atoms with Crippen LogP contribution in [0.3, 0.4) is 0 Å². The summed E-state index contributed by atoms with van der Waals surface area (Å²) in [6.07, 6.45) is 1.60. The van der Waals surface area contributed by atoms with Gasteiger partial charge in [0.15, 0.2) is 11.5 Å². The molecule has 0 aliphatic rings. The Morgan fingerprint density at radius 3 is 2.89 bits per heavy atom. The average molecular weight is 261 g/mol. The fourth-order valence-electron chi connectivity index (χ4n) is 1.86. The Labute approximate surface area is 105 Å². The first-order valence-electron chi connectivity index (χ1n) is 5.28. The molecule has 0 spiro atoms. The topological polar surface area (TPSA) is 102 Å². The Balaban J connectivity index is 2.21. The molecule has 0 saturated heterocycles. The lowest BCUT2D eigenvalue weighted by Crippen LogP contribution is -2.14. The molecule has 2 aromatic heterocycles. The predicted molar refractivity (Wildman–Crippen MR) is 64.3 cm³/mol. The number of hydrogen-bond donors (Lipinski definition) is 2. The van der Waals surface area contributed by atoms with Crippen LogP contribution in [0.5, 0.6) is 0 Å². The third-order valence-electron chi connectivity index (χ3n) is 2.70. The van der Waals surface area contributed by atoms with Gasteiger partial charge in [0.05, 0.1) is 5.52 Å². The second-order valence-corrected chi connectivity index (χ2v) is 3.81. The Hall–Kier alpha value is -2.90. The summed E-state index contributed by atoms with van der Waals surface area (Å²) in [6.45, 7) is 0. The van der Waals surface area contributed by atoms with Crippen LogP contribution in [0.4, 0.5) is 10.2 Å². The highest BCUT2D eigenvalue weighted by atomic mass is 19.1. The minimum atomic E-state index is -0.352. The number of fused-ring (bicyclic) bond motifs is 1. The van der Waals surface area contributed by atoms with Crippen molar-refractivity contribution in [3.05, 3.63) is 42.0 Å². The molecule has 7 nitrogen and oxygen atoms in total. The van der Waals surface area contributed by atoms with E-state index in [9.17, 15) is 4.39 Å². The van der Waals surface area contributed by atoms with Crippen LogP contribution in [0.15, 0.2) is 40.2 Å². The van der Waals surface area contributed by atoms with Gasteiger partial charge in [-0.25, -0.2) is 9.02 Å². The molecule has 0 fully saturated rings. The normalized spacial score (nSPS) is 12.2. The van der Waals surface area contributed by atoms with Crippen molar-refractivity contribution in [2.75, 3.05) is 5.73 Å². The highest BCUT2D eigenvalue weighted by Crippen LogP contribution is 2.19. The molecule has 0 saturated carbocycles. The molecule has 3 N–H and O–H groups in total. The number of benzene rings is 1. The Kier molecular flexibility index (Phi) is 2.41. The van der Waals surface area contributed by atoms with Gasteiger partial charge in [-0.05, 0) is 34.6 Å². The molecular weight excluding hydrogens is 253 g/mol. The number of halogens is 1. The van der Waals surface area contributed by atoms with Crippen molar-refractivity contribution in [1.29, 1.82) is 0 Å². The van der Waals surface area contributed by atoms with Gasteiger partial charge in [0, 0.05) is 11.6 Å². The number of nitrogen functional groups attached to an aromatic ring is 1. The number of anilines is 1. The van der Waals surface area contributed by atoms with Gasteiger partial charge in [0.1, 0.15) is 5.82 Å². The molecule has 0 bridgehead atoms. The van der Waals surface area contributed by atoms with Gasteiger partial charge in [-0.3, -0.25) is 4.57 Å². The molecule has 0 unspecified atom stereocenters. The summed E-state index contributed by atoms with van der Waals surface area (Å²) in [5.74, 6) is -0.313. The van der Waals surface area contributed by atoms with E-state index < -0.39 is 0 Å². The largest absolute Gasteiger partial charge is 0.409 e. The van der Waals surface area contributed by atoms with Crippen molar-refractivity contribution < 1.29 is 14.2 Å². The van der Waals surface area contributed by atoms with Crippen molar-refractivity contribution in [2.45, 2.75) is 0 Å². The second kappa shape index (κ2) is 4.09. The van der Waals surface area contributed by atoms with Gasteiger partial charge in [-0.2, -0.15) is 0 Å². The lowest BCUT2D eigenvalue weighted by molar-refractivity contribution is 0.304. The summed E-state index contributed by atoms with van der Waals surface area (Å²) in [5.41, 5.74) is 6.30. The van der Waals surface area contributed by atoms with Crippen molar-refractivity contribution in [3.8, 4) is 0 Å². The van der Waals surface area contributed by atoms with Gasteiger partial charge in [0.2, 0.25) is 5.84 Å². The first-order valence-corrected chi connectivity index (χ1v) is 5.28. The van der Waals surface area contributed by atoms with Gasteiger partial charge < -0.3 is 10.9 Å². The van der Waals surface area contributed by atoms with Crippen LogP contribution >= 0.6 is 0 Å². The van der Waals surface area contributed by atoms with E-state index in [1.54, 1.807) is 18.3 Å². The summed E-state index contributed by atoms with van der Waals surface area (Å²) < 4.78 is 19.1. The fourth-order valence-corrected chi connectivity index (χ4v) is 1.86. The second-order valence-electron chi connectivity index (χ2n) is 3.81. The first-order chi connectivity index (χ1) is 9.20. The standard InChI is InChI=1S/C11H8FN5O2/c12-7-1-2-8-6(5-7)3-4-17(8)11(14-18)9-10(13)16-19-15-9/h1-5,18H,(H2,13,16)/b14-11-. The molecule has 19 heavy (non-hydrogen) atoms. The molecule has 0 atom stereocenters. The smallest absolute Gasteiger partial charge is 0.210 e. The number of rotatable bonds is 1. The molecule has 3 rings (SSSR count). The van der Waals surface area contributed by atoms with E-state index in [0.717, 1.165) is 0 Å². The number of nitrogens with two attached hydrogens (primary N) is 1. The van der Waals surface area contributed by atoms with Gasteiger partial charge in [0.25, 0.3) is 0 Å². The number of oxime groups is 1. The number of nitrogens with zero attached hydrogens (tertiary/aromatic N) is 4. The molecule has 96 valence electrons. The van der Waals surface area contributed by atoms with Crippen LogP contribution in [0.1, 0.15) is 5.69 Å². The maximum atomic E-state index is 13.1. The zero-order valence-corrected chi connectivity index (χ0v) is 9.49. The Morgan fingerprint density at radius 1 is 1.37 bits per heavy atom. The average Bonchev–Trinajstić information content (AvgIpc) is 2.98. The molecule has 2 heterocycles. The Bertz CT molecular complexity index is 776. The summed E-state index contributed by atoms with van der Waals surface area (Å²) in [4.78, 5) is 0. The molecule has 3 aromatic rings. The maximum absolute atomic E-state index is 13.1. The van der Waals surface area contributed by atoms with Crippen LogP contribution in [-0.4, -0.2) is 25.9 Å². The van der Waals surface area contributed by atoms with Gasteiger partial charge in [-0.1, -0.05) is 5.16 Å². The molecule has 0 radical (unpaired) electrons. The third-order valence-corrected chi connectivity index (χ3v) is 2.70. The van der Waals surface area contributed by atoms with Gasteiger partial charge >= 0.3 is 0 Å². The minimum Gasteiger partial charge on any atom is -0.409 e. The molecular formula is C11H8FN5O2. The van der Waals surface area contributed by atoms with Crippen LogP contribution in [0.2, 0.25) is 0 Å². The zero-order chi connectivity index (χ0) is 13.4. The summed E-state index contributed by atoms with van der Waals surface area (Å²) >= 11 is 0. The van der Waals surface area contributed by atoms with E-state index in [0.29, 0.717) is 10.9 Å². The van der Waals surface area contributed by atoms with Crippen LogP contribution in [0.25, 0.3) is 10.9 Å². The molecule has 0 amide bonds. The van der Waals surface area contributed by atoms with E-state index in [-0.39, 0.29) is 23.2 Å². The van der Waals surface area contributed by atoms with Crippen molar-refractivity contribution in [2.24, 2.45) is 5.16 Å². The highest BCUT2D eigenvalue weighted by molar-refractivity contribution is 6.06. The number of hydrogen-bond acceptors (Lipinski definition) is 6. The van der Waals surface area contributed by atoms with Crippen molar-refractivity contribution in [3.63, 3.8) is 0 Å². The van der Waals surface area contributed by atoms with Crippen molar-refractivity contribution in [1.82, 2.24) is 14.9 Å². The lowest BCUT2D eigenvalue weighted by Gasteiger charge is -2.04. The van der Waals surface area contributed by atoms with Gasteiger partial charge in [-0.15, -0.1) is 0 Å². The summed E-state index contributed by atoms with van der Waals surface area (Å²) in [6, 6.07) is 5.90. The van der Waals surface area contributed by atoms with Crippen LogP contribution in [0, 0.1) is 5.82 Å². The highest BCUT2D eigenvalue weighted by Gasteiger charge is 2.18. The minimum absolute atomic E-state index is 0.00300. The zero-order valence-electron chi connectivity index (χ0n) is 9.49.